The van der Waals surface area contributed by atoms with Crippen LogP contribution in [0.2, 0.25) is 0 Å². The zero-order valence-corrected chi connectivity index (χ0v) is 15.0. The largest absolute Gasteiger partial charge is 0.480 e. The molecule has 2 atom stereocenters. The van der Waals surface area contributed by atoms with Gasteiger partial charge in [-0.1, -0.05) is 42.5 Å². The number of carboxylic acid groups (broad SMARTS) is 1. The highest BCUT2D eigenvalue weighted by Gasteiger charge is 2.41. The predicted molar refractivity (Wildman–Crippen MR) is 99.3 cm³/mol. The van der Waals surface area contributed by atoms with Gasteiger partial charge in [-0.2, -0.15) is 0 Å². The van der Waals surface area contributed by atoms with Gasteiger partial charge in [-0.3, -0.25) is 9.59 Å². The summed E-state index contributed by atoms with van der Waals surface area (Å²) in [5.41, 5.74) is 3.38. The summed E-state index contributed by atoms with van der Waals surface area (Å²) in [5.74, 6) is -2.12. The van der Waals surface area contributed by atoms with Crippen LogP contribution in [0.5, 0.6) is 0 Å². The van der Waals surface area contributed by atoms with Gasteiger partial charge in [0, 0.05) is 32.1 Å². The van der Waals surface area contributed by atoms with Crippen molar-refractivity contribution in [2.24, 2.45) is 0 Å². The van der Waals surface area contributed by atoms with E-state index < -0.39 is 17.9 Å². The first-order chi connectivity index (χ1) is 13.0. The molecular formula is C21H20N2O4. The highest BCUT2D eigenvalue weighted by Crippen LogP contribution is 2.37. The van der Waals surface area contributed by atoms with Crippen LogP contribution in [0.3, 0.4) is 0 Å². The van der Waals surface area contributed by atoms with E-state index in [1.54, 1.807) is 11.9 Å². The maximum atomic E-state index is 13.4. The topological polar surface area (TPSA) is 77.9 Å². The lowest BCUT2D eigenvalue weighted by atomic mass is 9.86. The third-order valence-corrected chi connectivity index (χ3v) is 5.54. The van der Waals surface area contributed by atoms with E-state index in [0.717, 1.165) is 16.7 Å². The minimum Gasteiger partial charge on any atom is -0.480 e. The summed E-state index contributed by atoms with van der Waals surface area (Å²) in [4.78, 5) is 40.6. The van der Waals surface area contributed by atoms with Crippen LogP contribution in [0.15, 0.2) is 48.5 Å². The molecule has 2 heterocycles. The fourth-order valence-electron chi connectivity index (χ4n) is 4.04. The second-order valence-corrected chi connectivity index (χ2v) is 7.06. The van der Waals surface area contributed by atoms with Gasteiger partial charge in [0.05, 0.1) is 5.92 Å². The van der Waals surface area contributed by atoms with E-state index >= 15 is 0 Å². The Kier molecular flexibility index (Phi) is 4.18. The summed E-state index contributed by atoms with van der Waals surface area (Å²) in [6, 6.07) is 14.0. The smallest absolute Gasteiger partial charge is 0.326 e. The molecule has 1 N–H and O–H groups in total. The molecule has 0 radical (unpaired) electrons. The molecule has 2 aromatic carbocycles. The van der Waals surface area contributed by atoms with Crippen molar-refractivity contribution in [2.45, 2.75) is 31.3 Å². The molecule has 6 heteroatoms. The standard InChI is InChI=1S/C21H20N2O4/c1-22-17-9-5-4-8-15(17)16(11-19(22)24)20(25)23-12-14-7-3-2-6-13(14)10-18(23)21(26)27/h2-9,16,18H,10-12H2,1H3,(H,26,27)/t16-,18-/m1/s1. The lowest BCUT2D eigenvalue weighted by Gasteiger charge is -2.39. The van der Waals surface area contributed by atoms with Gasteiger partial charge in [0.2, 0.25) is 11.8 Å². The number of amides is 2. The summed E-state index contributed by atoms with van der Waals surface area (Å²) in [7, 11) is 1.69. The Morgan fingerprint density at radius 3 is 2.41 bits per heavy atom. The lowest BCUT2D eigenvalue weighted by Crippen LogP contribution is -2.51. The van der Waals surface area contributed by atoms with Crippen LogP contribution >= 0.6 is 0 Å². The van der Waals surface area contributed by atoms with Gasteiger partial charge in [0.25, 0.3) is 0 Å². The third kappa shape index (κ3) is 2.87. The van der Waals surface area contributed by atoms with Gasteiger partial charge >= 0.3 is 5.97 Å². The second kappa shape index (κ2) is 6.54. The van der Waals surface area contributed by atoms with Gasteiger partial charge in [-0.15, -0.1) is 0 Å². The number of nitrogens with zero attached hydrogens (tertiary/aromatic N) is 2. The Morgan fingerprint density at radius 2 is 1.67 bits per heavy atom. The molecule has 2 aliphatic heterocycles. The number of hydrogen-bond acceptors (Lipinski definition) is 3. The van der Waals surface area contributed by atoms with Crippen molar-refractivity contribution in [3.63, 3.8) is 0 Å². The van der Waals surface area contributed by atoms with Crippen LogP contribution in [0.1, 0.15) is 29.0 Å². The first-order valence-corrected chi connectivity index (χ1v) is 8.93. The molecule has 4 rings (SSSR count). The van der Waals surface area contributed by atoms with Crippen molar-refractivity contribution < 1.29 is 19.5 Å². The number of benzene rings is 2. The number of rotatable bonds is 2. The highest BCUT2D eigenvalue weighted by atomic mass is 16.4. The van der Waals surface area contributed by atoms with Crippen LogP contribution in [0.4, 0.5) is 5.69 Å². The molecule has 0 aromatic heterocycles. The summed E-state index contributed by atoms with van der Waals surface area (Å²) in [5, 5.41) is 9.70. The molecule has 0 spiro atoms. The summed E-state index contributed by atoms with van der Waals surface area (Å²) in [6.45, 7) is 0.245. The molecule has 0 bridgehead atoms. The number of aliphatic carboxylic acids is 1. The SMILES string of the molecule is CN1C(=O)C[C@@H](C(=O)N2Cc3ccccc3C[C@@H]2C(=O)O)c2ccccc21. The average molecular weight is 364 g/mol. The van der Waals surface area contributed by atoms with Crippen LogP contribution in [-0.2, 0) is 27.3 Å². The Bertz CT molecular complexity index is 939. The van der Waals surface area contributed by atoms with Crippen molar-refractivity contribution in [2.75, 3.05) is 11.9 Å². The Balaban J connectivity index is 1.72. The summed E-state index contributed by atoms with van der Waals surface area (Å²) >= 11 is 0. The van der Waals surface area contributed by atoms with Crippen molar-refractivity contribution in [3.8, 4) is 0 Å². The number of fused-ring (bicyclic) bond motifs is 2. The molecule has 0 fully saturated rings. The molecule has 0 saturated carbocycles. The van der Waals surface area contributed by atoms with Crippen molar-refractivity contribution in [1.82, 2.24) is 4.90 Å². The number of carbonyl (C=O) groups is 3. The molecule has 138 valence electrons. The van der Waals surface area contributed by atoms with E-state index in [9.17, 15) is 19.5 Å². The fourth-order valence-corrected chi connectivity index (χ4v) is 4.04. The number of hydrogen-bond donors (Lipinski definition) is 1. The van der Waals surface area contributed by atoms with E-state index in [-0.39, 0.29) is 31.2 Å². The van der Waals surface area contributed by atoms with E-state index in [1.165, 1.54) is 4.90 Å². The molecule has 0 aliphatic carbocycles. The molecule has 2 amide bonds. The maximum absolute atomic E-state index is 13.4. The lowest BCUT2D eigenvalue weighted by molar-refractivity contribution is -0.152. The van der Waals surface area contributed by atoms with E-state index in [0.29, 0.717) is 5.69 Å². The Morgan fingerprint density at radius 1 is 1.00 bits per heavy atom. The molecule has 2 aromatic rings. The molecule has 6 nitrogen and oxygen atoms in total. The predicted octanol–water partition coefficient (Wildman–Crippen LogP) is 2.17. The third-order valence-electron chi connectivity index (χ3n) is 5.54. The van der Waals surface area contributed by atoms with Crippen molar-refractivity contribution in [3.05, 3.63) is 65.2 Å². The summed E-state index contributed by atoms with van der Waals surface area (Å²) < 4.78 is 0. The van der Waals surface area contributed by atoms with Gasteiger partial charge < -0.3 is 14.9 Å². The zero-order valence-electron chi connectivity index (χ0n) is 15.0. The number of anilines is 1. The van der Waals surface area contributed by atoms with Gasteiger partial charge in [0.15, 0.2) is 0 Å². The van der Waals surface area contributed by atoms with E-state index in [1.807, 2.05) is 48.5 Å². The summed E-state index contributed by atoms with van der Waals surface area (Å²) in [6.07, 6.45) is 0.330. The minimum absolute atomic E-state index is 0.0524. The molecular weight excluding hydrogens is 344 g/mol. The fraction of sp³-hybridized carbons (Fsp3) is 0.286. The molecule has 0 saturated heterocycles. The van der Waals surface area contributed by atoms with Crippen LogP contribution in [0.25, 0.3) is 0 Å². The van der Waals surface area contributed by atoms with Gasteiger partial charge in [0.1, 0.15) is 6.04 Å². The first kappa shape index (κ1) is 17.3. The molecule has 27 heavy (non-hydrogen) atoms. The average Bonchev–Trinajstić information content (AvgIpc) is 2.69. The van der Waals surface area contributed by atoms with Crippen molar-refractivity contribution >= 4 is 23.5 Å². The maximum Gasteiger partial charge on any atom is 0.326 e. The van der Waals surface area contributed by atoms with E-state index in [4.69, 9.17) is 0 Å². The van der Waals surface area contributed by atoms with E-state index in [2.05, 4.69) is 0 Å². The highest BCUT2D eigenvalue weighted by molar-refractivity contribution is 6.03. The van der Waals surface area contributed by atoms with Crippen LogP contribution in [-0.4, -0.2) is 40.9 Å². The first-order valence-electron chi connectivity index (χ1n) is 8.93. The normalized spacial score (nSPS) is 21.4. The van der Waals surface area contributed by atoms with Gasteiger partial charge in [-0.25, -0.2) is 4.79 Å². The quantitative estimate of drug-likeness (QED) is 0.886. The second-order valence-electron chi connectivity index (χ2n) is 7.06. The van der Waals surface area contributed by atoms with Crippen molar-refractivity contribution in [1.29, 1.82) is 0 Å². The number of carboxylic acids is 1. The number of para-hydroxylation sites is 1. The Labute approximate surface area is 157 Å². The molecule has 2 aliphatic rings. The number of carbonyl (C=O) groups excluding carboxylic acids is 2. The van der Waals surface area contributed by atoms with Crippen LogP contribution in [0, 0.1) is 0 Å². The van der Waals surface area contributed by atoms with Gasteiger partial charge in [-0.05, 0) is 22.8 Å². The Hall–Kier alpha value is -3.15. The molecule has 0 unspecified atom stereocenters. The minimum atomic E-state index is -1.02. The zero-order chi connectivity index (χ0) is 19.1. The monoisotopic (exact) mass is 364 g/mol. The van der Waals surface area contributed by atoms with Crippen LogP contribution < -0.4 is 4.90 Å².